The molecule has 3 aromatic rings. The molecule has 0 radical (unpaired) electrons. The van der Waals surface area contributed by atoms with Crippen LogP contribution in [0.2, 0.25) is 0 Å². The standard InChI is InChI=1S/C23H26N2O2/c1-18-4-6-19(7-5-18)15-25(16-20-10-12-24-13-11-20)17-21-8-9-22(26-2)14-23(21)27-3/h4-14H,15-17H2,1-3H3. The fourth-order valence-corrected chi connectivity index (χ4v) is 3.09. The van der Waals surface area contributed by atoms with E-state index >= 15 is 0 Å². The number of methoxy groups -OCH3 is 2. The Bertz CT molecular complexity index is 848. The Morgan fingerprint density at radius 3 is 2.07 bits per heavy atom. The van der Waals surface area contributed by atoms with Crippen molar-refractivity contribution in [2.75, 3.05) is 14.2 Å². The molecule has 0 aliphatic rings. The van der Waals surface area contributed by atoms with Crippen LogP contribution in [0, 0.1) is 6.92 Å². The van der Waals surface area contributed by atoms with Gasteiger partial charge in [0.25, 0.3) is 0 Å². The molecule has 4 nitrogen and oxygen atoms in total. The molecule has 0 bridgehead atoms. The Morgan fingerprint density at radius 2 is 1.44 bits per heavy atom. The maximum absolute atomic E-state index is 5.59. The van der Waals surface area contributed by atoms with Gasteiger partial charge in [0.1, 0.15) is 11.5 Å². The average molecular weight is 362 g/mol. The molecule has 4 heteroatoms. The van der Waals surface area contributed by atoms with E-state index < -0.39 is 0 Å². The lowest BCUT2D eigenvalue weighted by Crippen LogP contribution is -2.22. The zero-order valence-electron chi connectivity index (χ0n) is 16.2. The van der Waals surface area contributed by atoms with Crippen LogP contribution in [0.25, 0.3) is 0 Å². The topological polar surface area (TPSA) is 34.6 Å². The zero-order valence-corrected chi connectivity index (χ0v) is 16.2. The van der Waals surface area contributed by atoms with E-state index in [9.17, 15) is 0 Å². The Morgan fingerprint density at radius 1 is 0.778 bits per heavy atom. The van der Waals surface area contributed by atoms with Crippen molar-refractivity contribution in [1.29, 1.82) is 0 Å². The van der Waals surface area contributed by atoms with E-state index in [0.29, 0.717) is 0 Å². The lowest BCUT2D eigenvalue weighted by Gasteiger charge is -2.24. The lowest BCUT2D eigenvalue weighted by molar-refractivity contribution is 0.243. The molecule has 1 aromatic heterocycles. The first-order chi connectivity index (χ1) is 13.2. The van der Waals surface area contributed by atoms with E-state index in [0.717, 1.165) is 36.7 Å². The third-order valence-corrected chi connectivity index (χ3v) is 4.57. The van der Waals surface area contributed by atoms with Gasteiger partial charge in [-0.15, -0.1) is 0 Å². The summed E-state index contributed by atoms with van der Waals surface area (Å²) in [5, 5.41) is 0. The van der Waals surface area contributed by atoms with Gasteiger partial charge < -0.3 is 9.47 Å². The zero-order chi connectivity index (χ0) is 19.1. The van der Waals surface area contributed by atoms with E-state index in [4.69, 9.17) is 9.47 Å². The monoisotopic (exact) mass is 362 g/mol. The maximum atomic E-state index is 5.59. The number of ether oxygens (including phenoxy) is 2. The van der Waals surface area contributed by atoms with Crippen molar-refractivity contribution >= 4 is 0 Å². The van der Waals surface area contributed by atoms with E-state index in [1.165, 1.54) is 16.7 Å². The SMILES string of the molecule is COc1ccc(CN(Cc2ccncc2)Cc2ccc(C)cc2)c(OC)c1. The number of benzene rings is 2. The summed E-state index contributed by atoms with van der Waals surface area (Å²) in [6.07, 6.45) is 3.68. The van der Waals surface area contributed by atoms with Crippen LogP contribution in [0.5, 0.6) is 11.5 Å². The van der Waals surface area contributed by atoms with Gasteiger partial charge in [-0.05, 0) is 36.2 Å². The third kappa shape index (κ3) is 5.31. The molecule has 0 spiro atoms. The molecule has 1 heterocycles. The summed E-state index contributed by atoms with van der Waals surface area (Å²) in [6, 6.07) is 18.8. The molecule has 2 aromatic carbocycles. The molecule has 0 unspecified atom stereocenters. The Labute approximate surface area is 161 Å². The molecular weight excluding hydrogens is 336 g/mol. The highest BCUT2D eigenvalue weighted by Crippen LogP contribution is 2.27. The maximum Gasteiger partial charge on any atom is 0.127 e. The minimum Gasteiger partial charge on any atom is -0.497 e. The predicted octanol–water partition coefficient (Wildman–Crippen LogP) is 4.61. The number of nitrogens with zero attached hydrogens (tertiary/aromatic N) is 2. The van der Waals surface area contributed by atoms with Gasteiger partial charge in [0.2, 0.25) is 0 Å². The van der Waals surface area contributed by atoms with Gasteiger partial charge in [0.05, 0.1) is 14.2 Å². The van der Waals surface area contributed by atoms with Gasteiger partial charge >= 0.3 is 0 Å². The van der Waals surface area contributed by atoms with Gasteiger partial charge in [-0.3, -0.25) is 9.88 Å². The highest BCUT2D eigenvalue weighted by atomic mass is 16.5. The van der Waals surface area contributed by atoms with Gasteiger partial charge in [0, 0.05) is 43.7 Å². The highest BCUT2D eigenvalue weighted by molar-refractivity contribution is 5.40. The first-order valence-corrected chi connectivity index (χ1v) is 9.05. The summed E-state index contributed by atoms with van der Waals surface area (Å²) in [6.45, 7) is 4.59. The van der Waals surface area contributed by atoms with Crippen LogP contribution in [-0.4, -0.2) is 24.1 Å². The minimum absolute atomic E-state index is 0.781. The van der Waals surface area contributed by atoms with Crippen molar-refractivity contribution in [2.45, 2.75) is 26.6 Å². The van der Waals surface area contributed by atoms with Crippen LogP contribution in [0.15, 0.2) is 67.0 Å². The summed E-state index contributed by atoms with van der Waals surface area (Å²) in [7, 11) is 3.37. The van der Waals surface area contributed by atoms with Crippen molar-refractivity contribution in [3.63, 3.8) is 0 Å². The second kappa shape index (κ2) is 9.19. The first kappa shape index (κ1) is 18.9. The molecule has 0 saturated carbocycles. The summed E-state index contributed by atoms with van der Waals surface area (Å²) in [4.78, 5) is 6.53. The number of rotatable bonds is 8. The molecule has 3 rings (SSSR count). The van der Waals surface area contributed by atoms with Crippen molar-refractivity contribution in [3.05, 3.63) is 89.2 Å². The van der Waals surface area contributed by atoms with Gasteiger partial charge in [0.15, 0.2) is 0 Å². The average Bonchev–Trinajstić information content (AvgIpc) is 2.70. The number of hydrogen-bond acceptors (Lipinski definition) is 4. The largest absolute Gasteiger partial charge is 0.497 e. The second-order valence-corrected chi connectivity index (χ2v) is 6.66. The van der Waals surface area contributed by atoms with Crippen LogP contribution in [0.1, 0.15) is 22.3 Å². The Balaban J connectivity index is 1.83. The molecule has 0 atom stereocenters. The molecule has 140 valence electrons. The summed E-state index contributed by atoms with van der Waals surface area (Å²) >= 11 is 0. The summed E-state index contributed by atoms with van der Waals surface area (Å²) < 4.78 is 10.9. The van der Waals surface area contributed by atoms with Crippen molar-refractivity contribution in [3.8, 4) is 11.5 Å². The smallest absolute Gasteiger partial charge is 0.127 e. The molecule has 0 N–H and O–H groups in total. The van der Waals surface area contributed by atoms with Gasteiger partial charge in [-0.1, -0.05) is 35.9 Å². The van der Waals surface area contributed by atoms with Crippen LogP contribution < -0.4 is 9.47 Å². The predicted molar refractivity (Wildman–Crippen MR) is 108 cm³/mol. The normalized spacial score (nSPS) is 10.8. The van der Waals surface area contributed by atoms with Crippen molar-refractivity contribution < 1.29 is 9.47 Å². The van der Waals surface area contributed by atoms with E-state index in [2.05, 4.69) is 59.3 Å². The second-order valence-electron chi connectivity index (χ2n) is 6.66. The summed E-state index contributed by atoms with van der Waals surface area (Å²) in [5.41, 5.74) is 4.95. The molecule has 0 aliphatic heterocycles. The number of aryl methyl sites for hydroxylation is 1. The van der Waals surface area contributed by atoms with Crippen LogP contribution in [0.4, 0.5) is 0 Å². The Hall–Kier alpha value is -2.85. The Kier molecular flexibility index (Phi) is 6.44. The van der Waals surface area contributed by atoms with Gasteiger partial charge in [-0.2, -0.15) is 0 Å². The molecular formula is C23H26N2O2. The van der Waals surface area contributed by atoms with Crippen LogP contribution in [-0.2, 0) is 19.6 Å². The van der Waals surface area contributed by atoms with E-state index in [-0.39, 0.29) is 0 Å². The van der Waals surface area contributed by atoms with Crippen molar-refractivity contribution in [1.82, 2.24) is 9.88 Å². The minimum atomic E-state index is 0.781. The van der Waals surface area contributed by atoms with E-state index in [1.54, 1.807) is 14.2 Å². The number of aromatic nitrogens is 1. The fraction of sp³-hybridized carbons (Fsp3) is 0.261. The molecule has 27 heavy (non-hydrogen) atoms. The molecule has 0 aliphatic carbocycles. The summed E-state index contributed by atoms with van der Waals surface area (Å²) in [5.74, 6) is 1.65. The third-order valence-electron chi connectivity index (χ3n) is 4.57. The number of hydrogen-bond donors (Lipinski definition) is 0. The molecule has 0 fully saturated rings. The fourth-order valence-electron chi connectivity index (χ4n) is 3.09. The molecule has 0 amide bonds. The van der Waals surface area contributed by atoms with Crippen LogP contribution in [0.3, 0.4) is 0 Å². The van der Waals surface area contributed by atoms with Gasteiger partial charge in [-0.25, -0.2) is 0 Å². The molecule has 0 saturated heterocycles. The highest BCUT2D eigenvalue weighted by Gasteiger charge is 2.12. The van der Waals surface area contributed by atoms with Crippen molar-refractivity contribution in [2.24, 2.45) is 0 Å². The number of pyridine rings is 1. The van der Waals surface area contributed by atoms with E-state index in [1.807, 2.05) is 24.5 Å². The quantitative estimate of drug-likeness (QED) is 0.586. The first-order valence-electron chi connectivity index (χ1n) is 9.05. The van der Waals surface area contributed by atoms with Crippen LogP contribution >= 0.6 is 0 Å². The lowest BCUT2D eigenvalue weighted by atomic mass is 10.1.